The molecule has 1 heterocycles. The van der Waals surface area contributed by atoms with Crippen LogP contribution in [-0.4, -0.2) is 83.5 Å². The van der Waals surface area contributed by atoms with E-state index in [-0.39, 0.29) is 0 Å². The average molecular weight is 248 g/mol. The highest BCUT2D eigenvalue weighted by atomic mass is 16.7. The lowest BCUT2D eigenvalue weighted by molar-refractivity contribution is -0.220. The second-order valence-corrected chi connectivity index (χ2v) is 4.10. The Labute approximate surface area is 103 Å². The van der Waals surface area contributed by atoms with E-state index in [0.29, 0.717) is 46.4 Å². The fraction of sp³-hybridized carbons (Fsp3) is 1.00. The van der Waals surface area contributed by atoms with Gasteiger partial charge in [0.25, 0.3) is 0 Å². The number of nitrogens with zero attached hydrogens (tertiary/aromatic N) is 2. The Morgan fingerprint density at radius 3 is 2.12 bits per heavy atom. The van der Waals surface area contributed by atoms with Crippen molar-refractivity contribution in [2.45, 2.75) is 0 Å². The summed E-state index contributed by atoms with van der Waals surface area (Å²) in [5, 5.41) is 1.82. The molecule has 0 radical (unpaired) electrons. The number of rotatable bonds is 3. The van der Waals surface area contributed by atoms with Gasteiger partial charge in [-0.2, -0.15) is 5.06 Å². The first-order valence-corrected chi connectivity index (χ1v) is 6.05. The number of likely N-dealkylation sites (N-methyl/N-ethyl adjacent to an activating group) is 1. The molecular weight excluding hydrogens is 224 g/mol. The normalized spacial score (nSPS) is 22.1. The molecule has 1 saturated heterocycles. The van der Waals surface area contributed by atoms with Crippen LogP contribution in [0.5, 0.6) is 0 Å². The van der Waals surface area contributed by atoms with Crippen molar-refractivity contribution >= 4 is 0 Å². The van der Waals surface area contributed by atoms with Gasteiger partial charge in [-0.05, 0) is 14.1 Å². The number of hydrogen-bond donors (Lipinski definition) is 0. The first-order chi connectivity index (χ1) is 8.29. The van der Waals surface area contributed by atoms with Gasteiger partial charge in [0.15, 0.2) is 0 Å². The van der Waals surface area contributed by atoms with Crippen LogP contribution >= 0.6 is 0 Å². The second-order valence-electron chi connectivity index (χ2n) is 4.10. The van der Waals surface area contributed by atoms with Crippen LogP contribution in [0, 0.1) is 0 Å². The van der Waals surface area contributed by atoms with Crippen LogP contribution in [0.1, 0.15) is 0 Å². The van der Waals surface area contributed by atoms with Crippen molar-refractivity contribution in [3.05, 3.63) is 0 Å². The molecule has 0 saturated carbocycles. The molecule has 1 fully saturated rings. The highest BCUT2D eigenvalue weighted by molar-refractivity contribution is 4.47. The predicted octanol–water partition coefficient (Wildman–Crippen LogP) is -0.197. The summed E-state index contributed by atoms with van der Waals surface area (Å²) in [6.45, 7) is 5.77. The second kappa shape index (κ2) is 9.76. The fourth-order valence-corrected chi connectivity index (χ4v) is 1.31. The molecular formula is C11H24N2O4. The maximum absolute atomic E-state index is 5.58. The molecule has 0 aromatic heterocycles. The molecule has 1 aliphatic rings. The van der Waals surface area contributed by atoms with Gasteiger partial charge in [0, 0.05) is 13.1 Å². The molecule has 6 heteroatoms. The van der Waals surface area contributed by atoms with Gasteiger partial charge < -0.3 is 19.1 Å². The van der Waals surface area contributed by atoms with E-state index in [1.165, 1.54) is 0 Å². The summed E-state index contributed by atoms with van der Waals surface area (Å²) >= 11 is 0. The predicted molar refractivity (Wildman–Crippen MR) is 63.7 cm³/mol. The third-order valence-corrected chi connectivity index (χ3v) is 2.28. The molecule has 0 amide bonds. The third-order valence-electron chi connectivity index (χ3n) is 2.28. The molecule has 0 bridgehead atoms. The molecule has 1 aliphatic heterocycles. The van der Waals surface area contributed by atoms with Gasteiger partial charge in [-0.25, -0.2) is 0 Å². The van der Waals surface area contributed by atoms with Crippen LogP contribution in [-0.2, 0) is 19.0 Å². The average Bonchev–Trinajstić information content (AvgIpc) is 2.28. The van der Waals surface area contributed by atoms with E-state index in [4.69, 9.17) is 19.0 Å². The van der Waals surface area contributed by atoms with Gasteiger partial charge in [0.2, 0.25) is 0 Å². The zero-order valence-electron chi connectivity index (χ0n) is 10.9. The standard InChI is InChI=1S/C11H24N2O4/c1-12(2)3-4-13-11-16-8-7-14-5-6-15-9-10-17-13/h3-11H2,1-2H3. The quantitative estimate of drug-likeness (QED) is 0.689. The van der Waals surface area contributed by atoms with Crippen molar-refractivity contribution in [3.63, 3.8) is 0 Å². The van der Waals surface area contributed by atoms with Crippen molar-refractivity contribution < 1.29 is 19.0 Å². The lowest BCUT2D eigenvalue weighted by Gasteiger charge is -2.23. The van der Waals surface area contributed by atoms with Gasteiger partial charge in [0.05, 0.1) is 39.6 Å². The Bertz CT molecular complexity index is 169. The Morgan fingerprint density at radius 2 is 1.47 bits per heavy atom. The van der Waals surface area contributed by atoms with Crippen molar-refractivity contribution in [1.82, 2.24) is 9.96 Å². The van der Waals surface area contributed by atoms with E-state index >= 15 is 0 Å². The van der Waals surface area contributed by atoms with Crippen LogP contribution in [0.3, 0.4) is 0 Å². The number of hydroxylamine groups is 2. The minimum Gasteiger partial charge on any atom is -0.377 e. The lowest BCUT2D eigenvalue weighted by atomic mass is 10.6. The van der Waals surface area contributed by atoms with Crippen LogP contribution < -0.4 is 0 Å². The van der Waals surface area contributed by atoms with E-state index in [9.17, 15) is 0 Å². The van der Waals surface area contributed by atoms with E-state index in [2.05, 4.69) is 4.90 Å². The number of ether oxygens (including phenoxy) is 3. The van der Waals surface area contributed by atoms with Crippen molar-refractivity contribution in [3.8, 4) is 0 Å². The molecule has 0 aromatic carbocycles. The smallest absolute Gasteiger partial charge is 0.122 e. The summed E-state index contributed by atoms with van der Waals surface area (Å²) in [6.07, 6.45) is 0. The molecule has 0 atom stereocenters. The van der Waals surface area contributed by atoms with Gasteiger partial charge in [-0.15, -0.1) is 0 Å². The number of hydrogen-bond acceptors (Lipinski definition) is 6. The van der Waals surface area contributed by atoms with Crippen LogP contribution in [0.25, 0.3) is 0 Å². The minimum atomic E-state index is 0.469. The molecule has 17 heavy (non-hydrogen) atoms. The molecule has 0 aliphatic carbocycles. The third kappa shape index (κ3) is 8.48. The molecule has 0 N–H and O–H groups in total. The topological polar surface area (TPSA) is 43.4 Å². The first kappa shape index (κ1) is 14.8. The molecule has 1 rings (SSSR count). The lowest BCUT2D eigenvalue weighted by Crippen LogP contribution is -2.35. The molecule has 102 valence electrons. The SMILES string of the molecule is CN(C)CCN1COCCOCCOCCO1. The Kier molecular flexibility index (Phi) is 8.50. The maximum Gasteiger partial charge on any atom is 0.122 e. The van der Waals surface area contributed by atoms with E-state index in [1.807, 2.05) is 19.2 Å². The Hall–Kier alpha value is -0.240. The van der Waals surface area contributed by atoms with E-state index in [1.54, 1.807) is 0 Å². The fourth-order valence-electron chi connectivity index (χ4n) is 1.31. The molecule has 0 aromatic rings. The molecule has 0 spiro atoms. The van der Waals surface area contributed by atoms with Gasteiger partial charge in [-0.1, -0.05) is 0 Å². The van der Waals surface area contributed by atoms with Crippen molar-refractivity contribution in [2.24, 2.45) is 0 Å². The highest BCUT2D eigenvalue weighted by Crippen LogP contribution is 1.94. The highest BCUT2D eigenvalue weighted by Gasteiger charge is 2.07. The molecule has 0 unspecified atom stereocenters. The van der Waals surface area contributed by atoms with E-state index < -0.39 is 0 Å². The monoisotopic (exact) mass is 248 g/mol. The molecule has 6 nitrogen and oxygen atoms in total. The van der Waals surface area contributed by atoms with E-state index in [0.717, 1.165) is 13.1 Å². The summed E-state index contributed by atoms with van der Waals surface area (Å²) in [6, 6.07) is 0. The van der Waals surface area contributed by atoms with Crippen molar-refractivity contribution in [1.29, 1.82) is 0 Å². The Balaban J connectivity index is 2.22. The zero-order valence-corrected chi connectivity index (χ0v) is 10.9. The van der Waals surface area contributed by atoms with Crippen LogP contribution in [0.2, 0.25) is 0 Å². The van der Waals surface area contributed by atoms with Crippen molar-refractivity contribution in [2.75, 3.05) is 73.6 Å². The van der Waals surface area contributed by atoms with Gasteiger partial charge >= 0.3 is 0 Å². The first-order valence-electron chi connectivity index (χ1n) is 6.05. The van der Waals surface area contributed by atoms with Crippen LogP contribution in [0.4, 0.5) is 0 Å². The zero-order chi connectivity index (χ0) is 12.3. The summed E-state index contributed by atoms with van der Waals surface area (Å²) < 4.78 is 16.1. The van der Waals surface area contributed by atoms with Gasteiger partial charge in [-0.3, -0.25) is 4.84 Å². The Morgan fingerprint density at radius 1 is 0.882 bits per heavy atom. The summed E-state index contributed by atoms with van der Waals surface area (Å²) in [4.78, 5) is 7.69. The summed E-state index contributed by atoms with van der Waals surface area (Å²) in [5.74, 6) is 0. The maximum atomic E-state index is 5.58. The minimum absolute atomic E-state index is 0.469. The summed E-state index contributed by atoms with van der Waals surface area (Å²) in [5.41, 5.74) is 0. The summed E-state index contributed by atoms with van der Waals surface area (Å²) in [7, 11) is 4.07. The largest absolute Gasteiger partial charge is 0.377 e. The van der Waals surface area contributed by atoms with Gasteiger partial charge in [0.1, 0.15) is 6.73 Å². The van der Waals surface area contributed by atoms with Crippen LogP contribution in [0.15, 0.2) is 0 Å².